The molecule has 0 radical (unpaired) electrons. The van der Waals surface area contributed by atoms with Gasteiger partial charge in [0, 0.05) is 11.2 Å². The molecule has 3 heteroatoms. The van der Waals surface area contributed by atoms with Crippen LogP contribution in [0, 0.1) is 11.3 Å². The zero-order chi connectivity index (χ0) is 10.8. The van der Waals surface area contributed by atoms with E-state index in [4.69, 9.17) is 16.9 Å². The van der Waals surface area contributed by atoms with E-state index in [1.165, 1.54) is 0 Å². The molecule has 0 fully saturated rings. The predicted molar refractivity (Wildman–Crippen MR) is 59.5 cm³/mol. The van der Waals surface area contributed by atoms with Gasteiger partial charge in [-0.2, -0.15) is 5.26 Å². The van der Waals surface area contributed by atoms with E-state index in [1.54, 1.807) is 12.1 Å². The van der Waals surface area contributed by atoms with Gasteiger partial charge in [-0.05, 0) is 39.0 Å². The van der Waals surface area contributed by atoms with Crippen LogP contribution in [-0.4, -0.2) is 5.54 Å². The summed E-state index contributed by atoms with van der Waals surface area (Å²) in [7, 11) is 0. The zero-order valence-corrected chi connectivity index (χ0v) is 9.31. The molecule has 0 saturated heterocycles. The molecule has 1 N–H and O–H groups in total. The lowest BCUT2D eigenvalue weighted by Gasteiger charge is -2.22. The van der Waals surface area contributed by atoms with Crippen molar-refractivity contribution >= 4 is 17.3 Å². The summed E-state index contributed by atoms with van der Waals surface area (Å²) in [4.78, 5) is 0. The third-order valence-electron chi connectivity index (χ3n) is 1.61. The monoisotopic (exact) mass is 208 g/mol. The normalized spacial score (nSPS) is 10.8. The van der Waals surface area contributed by atoms with Gasteiger partial charge >= 0.3 is 0 Å². The number of nitriles is 1. The fraction of sp³-hybridized carbons (Fsp3) is 0.364. The number of rotatable bonds is 1. The molecule has 0 amide bonds. The minimum atomic E-state index is -0.00249. The molecule has 0 heterocycles. The van der Waals surface area contributed by atoms with Crippen LogP contribution in [-0.2, 0) is 0 Å². The Bertz CT molecular complexity index is 372. The average molecular weight is 209 g/mol. The lowest BCUT2D eigenvalue weighted by atomic mass is 10.1. The van der Waals surface area contributed by atoms with Gasteiger partial charge in [-0.25, -0.2) is 0 Å². The van der Waals surface area contributed by atoms with Crippen molar-refractivity contribution in [2.75, 3.05) is 5.32 Å². The molecular weight excluding hydrogens is 196 g/mol. The first-order valence-electron chi connectivity index (χ1n) is 4.40. The third kappa shape index (κ3) is 2.93. The molecule has 0 saturated carbocycles. The summed E-state index contributed by atoms with van der Waals surface area (Å²) in [6.07, 6.45) is 0. The van der Waals surface area contributed by atoms with Crippen LogP contribution in [0.15, 0.2) is 18.2 Å². The summed E-state index contributed by atoms with van der Waals surface area (Å²) >= 11 is 5.90. The number of halogens is 1. The van der Waals surface area contributed by atoms with E-state index in [9.17, 15) is 0 Å². The lowest BCUT2D eigenvalue weighted by Crippen LogP contribution is -2.25. The maximum atomic E-state index is 8.69. The van der Waals surface area contributed by atoms with Gasteiger partial charge in [-0.3, -0.25) is 0 Å². The molecule has 0 aromatic heterocycles. The number of anilines is 1. The van der Waals surface area contributed by atoms with Gasteiger partial charge in [-0.15, -0.1) is 0 Å². The maximum Gasteiger partial charge on any atom is 0.101 e. The van der Waals surface area contributed by atoms with Gasteiger partial charge in [-0.1, -0.05) is 11.6 Å². The standard InChI is InChI=1S/C11H13ClN2/c1-11(2,3)14-9-5-4-8(7-13)10(12)6-9/h4-6,14H,1-3H3. The first kappa shape index (κ1) is 10.9. The van der Waals surface area contributed by atoms with E-state index in [0.29, 0.717) is 10.6 Å². The molecule has 0 aliphatic heterocycles. The molecule has 1 aromatic rings. The van der Waals surface area contributed by atoms with Crippen LogP contribution in [0.1, 0.15) is 26.3 Å². The molecule has 74 valence electrons. The van der Waals surface area contributed by atoms with Crippen molar-refractivity contribution in [2.24, 2.45) is 0 Å². The van der Waals surface area contributed by atoms with Crippen LogP contribution < -0.4 is 5.32 Å². The molecule has 0 aliphatic rings. The van der Waals surface area contributed by atoms with Crippen LogP contribution in [0.2, 0.25) is 5.02 Å². The van der Waals surface area contributed by atoms with Crippen LogP contribution in [0.4, 0.5) is 5.69 Å². The Morgan fingerprint density at radius 3 is 2.43 bits per heavy atom. The summed E-state index contributed by atoms with van der Waals surface area (Å²) in [6, 6.07) is 7.37. The van der Waals surface area contributed by atoms with E-state index >= 15 is 0 Å². The van der Waals surface area contributed by atoms with Crippen molar-refractivity contribution in [1.82, 2.24) is 0 Å². The Morgan fingerprint density at radius 2 is 2.00 bits per heavy atom. The highest BCUT2D eigenvalue weighted by molar-refractivity contribution is 6.32. The highest BCUT2D eigenvalue weighted by Gasteiger charge is 2.10. The second-order valence-electron chi connectivity index (χ2n) is 4.18. The zero-order valence-electron chi connectivity index (χ0n) is 8.56. The molecule has 0 spiro atoms. The minimum absolute atomic E-state index is 0.00249. The highest BCUT2D eigenvalue weighted by atomic mass is 35.5. The first-order chi connectivity index (χ1) is 6.42. The Labute approximate surface area is 89.5 Å². The molecule has 2 nitrogen and oxygen atoms in total. The van der Waals surface area contributed by atoms with Gasteiger partial charge in [0.05, 0.1) is 10.6 Å². The Balaban J connectivity index is 2.94. The van der Waals surface area contributed by atoms with Gasteiger partial charge in [0.2, 0.25) is 0 Å². The molecule has 1 rings (SSSR count). The summed E-state index contributed by atoms with van der Waals surface area (Å²) in [5, 5.41) is 12.5. The van der Waals surface area contributed by atoms with Gasteiger partial charge < -0.3 is 5.32 Å². The largest absolute Gasteiger partial charge is 0.380 e. The maximum absolute atomic E-state index is 8.69. The highest BCUT2D eigenvalue weighted by Crippen LogP contribution is 2.22. The van der Waals surface area contributed by atoms with Gasteiger partial charge in [0.15, 0.2) is 0 Å². The smallest absolute Gasteiger partial charge is 0.101 e. The van der Waals surface area contributed by atoms with Gasteiger partial charge in [0.25, 0.3) is 0 Å². The van der Waals surface area contributed by atoms with Crippen LogP contribution >= 0.6 is 11.6 Å². The Hall–Kier alpha value is -1.20. The van der Waals surface area contributed by atoms with Crippen molar-refractivity contribution in [1.29, 1.82) is 5.26 Å². The number of nitrogens with one attached hydrogen (secondary N) is 1. The van der Waals surface area contributed by atoms with E-state index in [1.807, 2.05) is 12.1 Å². The molecule has 14 heavy (non-hydrogen) atoms. The summed E-state index contributed by atoms with van der Waals surface area (Å²) in [5.74, 6) is 0. The topological polar surface area (TPSA) is 35.8 Å². The summed E-state index contributed by atoms with van der Waals surface area (Å²) < 4.78 is 0. The predicted octanol–water partition coefficient (Wildman–Crippen LogP) is 3.42. The number of hydrogen-bond donors (Lipinski definition) is 1. The average Bonchev–Trinajstić information content (AvgIpc) is 2.01. The molecule has 0 bridgehead atoms. The summed E-state index contributed by atoms with van der Waals surface area (Å²) in [6.45, 7) is 6.21. The summed E-state index contributed by atoms with van der Waals surface area (Å²) in [5.41, 5.74) is 1.44. The molecule has 1 aromatic carbocycles. The van der Waals surface area contributed by atoms with Crippen molar-refractivity contribution in [3.05, 3.63) is 28.8 Å². The van der Waals surface area contributed by atoms with Crippen LogP contribution in [0.3, 0.4) is 0 Å². The van der Waals surface area contributed by atoms with Crippen molar-refractivity contribution < 1.29 is 0 Å². The number of nitrogens with zero attached hydrogens (tertiary/aromatic N) is 1. The van der Waals surface area contributed by atoms with Crippen LogP contribution in [0.25, 0.3) is 0 Å². The molecular formula is C11H13ClN2. The second kappa shape index (κ2) is 3.89. The second-order valence-corrected chi connectivity index (χ2v) is 4.59. The third-order valence-corrected chi connectivity index (χ3v) is 1.92. The van der Waals surface area contributed by atoms with Gasteiger partial charge in [0.1, 0.15) is 6.07 Å². The number of benzene rings is 1. The fourth-order valence-corrected chi connectivity index (χ4v) is 1.34. The molecule has 0 aliphatic carbocycles. The van der Waals surface area contributed by atoms with Crippen LogP contribution in [0.5, 0.6) is 0 Å². The Morgan fingerprint density at radius 1 is 1.36 bits per heavy atom. The quantitative estimate of drug-likeness (QED) is 0.768. The van der Waals surface area contributed by atoms with E-state index in [0.717, 1.165) is 5.69 Å². The first-order valence-corrected chi connectivity index (χ1v) is 4.78. The Kier molecular flexibility index (Phi) is 3.03. The fourth-order valence-electron chi connectivity index (χ4n) is 1.12. The minimum Gasteiger partial charge on any atom is -0.380 e. The van der Waals surface area contributed by atoms with E-state index < -0.39 is 0 Å². The van der Waals surface area contributed by atoms with E-state index in [2.05, 4.69) is 26.1 Å². The van der Waals surface area contributed by atoms with Crippen molar-refractivity contribution in [3.8, 4) is 6.07 Å². The van der Waals surface area contributed by atoms with E-state index in [-0.39, 0.29) is 5.54 Å². The lowest BCUT2D eigenvalue weighted by molar-refractivity contribution is 0.634. The number of hydrogen-bond acceptors (Lipinski definition) is 2. The SMILES string of the molecule is CC(C)(C)Nc1ccc(C#N)c(Cl)c1. The van der Waals surface area contributed by atoms with Crippen molar-refractivity contribution in [3.63, 3.8) is 0 Å². The molecule has 0 unspecified atom stereocenters. The molecule has 0 atom stereocenters. The van der Waals surface area contributed by atoms with Crippen molar-refractivity contribution in [2.45, 2.75) is 26.3 Å².